The minimum atomic E-state index is -0.936. The number of hydrogen-bond donors (Lipinski definition) is 1. The molecule has 0 aliphatic carbocycles. The van der Waals surface area contributed by atoms with Gasteiger partial charge < -0.3 is 10.0 Å². The van der Waals surface area contributed by atoms with Crippen LogP contribution in [0.4, 0.5) is 0 Å². The van der Waals surface area contributed by atoms with Crippen molar-refractivity contribution < 1.29 is 14.7 Å². The van der Waals surface area contributed by atoms with Gasteiger partial charge in [0.1, 0.15) is 0 Å². The number of carboxylic acid groups (broad SMARTS) is 1. The SMILES string of the molecule is Cc1cc(C)c(C(=O)O)c(CC(C)(C)C(=O)N2CC=C(c3ccccc3)CC2)c1. The van der Waals surface area contributed by atoms with Crippen LogP contribution in [0.15, 0.2) is 48.5 Å². The summed E-state index contributed by atoms with van der Waals surface area (Å²) in [5, 5.41) is 9.66. The Labute approximate surface area is 172 Å². The van der Waals surface area contributed by atoms with Gasteiger partial charge in [-0.05, 0) is 49.0 Å². The summed E-state index contributed by atoms with van der Waals surface area (Å²) in [4.78, 5) is 26.9. The first-order valence-electron chi connectivity index (χ1n) is 10.1. The summed E-state index contributed by atoms with van der Waals surface area (Å²) in [5.74, 6) is -0.870. The Bertz CT molecular complexity index is 958. The number of rotatable bonds is 5. The van der Waals surface area contributed by atoms with Crippen molar-refractivity contribution in [1.29, 1.82) is 0 Å². The Kier molecular flexibility index (Phi) is 5.92. The first kappa shape index (κ1) is 20.8. The minimum Gasteiger partial charge on any atom is -0.478 e. The molecule has 3 rings (SSSR count). The number of carbonyl (C=O) groups excluding carboxylic acids is 1. The normalized spacial score (nSPS) is 14.5. The molecule has 4 heteroatoms. The molecule has 1 heterocycles. The molecule has 1 aliphatic heterocycles. The van der Waals surface area contributed by atoms with Crippen LogP contribution in [0.2, 0.25) is 0 Å². The largest absolute Gasteiger partial charge is 0.478 e. The van der Waals surface area contributed by atoms with Crippen molar-refractivity contribution in [2.24, 2.45) is 5.41 Å². The molecule has 1 amide bonds. The summed E-state index contributed by atoms with van der Waals surface area (Å²) in [7, 11) is 0. The lowest BCUT2D eigenvalue weighted by atomic mass is 9.81. The average molecular weight is 392 g/mol. The van der Waals surface area contributed by atoms with Gasteiger partial charge in [0.2, 0.25) is 5.91 Å². The smallest absolute Gasteiger partial charge is 0.336 e. The van der Waals surface area contributed by atoms with E-state index in [4.69, 9.17) is 0 Å². The predicted molar refractivity (Wildman–Crippen MR) is 116 cm³/mol. The number of aryl methyl sites for hydroxylation is 2. The van der Waals surface area contributed by atoms with Crippen molar-refractivity contribution in [2.45, 2.75) is 40.5 Å². The highest BCUT2D eigenvalue weighted by molar-refractivity contribution is 5.92. The van der Waals surface area contributed by atoms with Gasteiger partial charge in [0, 0.05) is 18.5 Å². The molecule has 1 aliphatic rings. The van der Waals surface area contributed by atoms with Gasteiger partial charge >= 0.3 is 5.97 Å². The zero-order valence-electron chi connectivity index (χ0n) is 17.7. The second-order valence-electron chi connectivity index (χ2n) is 8.58. The van der Waals surface area contributed by atoms with Crippen molar-refractivity contribution in [1.82, 2.24) is 4.90 Å². The summed E-state index contributed by atoms with van der Waals surface area (Å²) < 4.78 is 0. The van der Waals surface area contributed by atoms with Gasteiger partial charge in [0.15, 0.2) is 0 Å². The number of benzene rings is 2. The van der Waals surface area contributed by atoms with Crippen LogP contribution in [-0.4, -0.2) is 35.0 Å². The number of amides is 1. The topological polar surface area (TPSA) is 57.6 Å². The second kappa shape index (κ2) is 8.24. The van der Waals surface area contributed by atoms with Gasteiger partial charge in [0.25, 0.3) is 0 Å². The molecule has 0 saturated heterocycles. The number of nitrogens with zero attached hydrogens (tertiary/aromatic N) is 1. The molecule has 0 bridgehead atoms. The van der Waals surface area contributed by atoms with E-state index in [1.165, 1.54) is 11.1 Å². The van der Waals surface area contributed by atoms with Crippen LogP contribution in [-0.2, 0) is 11.2 Å². The molecule has 0 spiro atoms. The zero-order chi connectivity index (χ0) is 21.2. The highest BCUT2D eigenvalue weighted by Crippen LogP contribution is 2.31. The lowest BCUT2D eigenvalue weighted by molar-refractivity contribution is -0.139. The number of hydrogen-bond acceptors (Lipinski definition) is 2. The standard InChI is InChI=1S/C25H29NO3/c1-17-14-18(2)22(23(27)28)21(15-17)16-25(3,4)24(29)26-12-10-20(11-13-26)19-8-6-5-7-9-19/h5-10,14-15H,11-13,16H2,1-4H3,(H,27,28). The lowest BCUT2D eigenvalue weighted by Gasteiger charge is -2.34. The third-order valence-electron chi connectivity index (χ3n) is 5.63. The monoisotopic (exact) mass is 391 g/mol. The Balaban J connectivity index is 1.78. The third kappa shape index (κ3) is 4.58. The minimum absolute atomic E-state index is 0.0661. The zero-order valence-corrected chi connectivity index (χ0v) is 17.7. The van der Waals surface area contributed by atoms with Crippen molar-refractivity contribution in [2.75, 3.05) is 13.1 Å². The van der Waals surface area contributed by atoms with Crippen LogP contribution in [0.25, 0.3) is 5.57 Å². The highest BCUT2D eigenvalue weighted by atomic mass is 16.4. The summed E-state index contributed by atoms with van der Waals surface area (Å²) in [6.45, 7) is 8.86. The molecular formula is C25H29NO3. The molecule has 2 aromatic carbocycles. The van der Waals surface area contributed by atoms with Gasteiger partial charge in [-0.2, -0.15) is 0 Å². The van der Waals surface area contributed by atoms with Crippen molar-refractivity contribution >= 4 is 17.4 Å². The summed E-state index contributed by atoms with van der Waals surface area (Å²) in [6, 6.07) is 14.0. The van der Waals surface area contributed by atoms with E-state index in [9.17, 15) is 14.7 Å². The maximum Gasteiger partial charge on any atom is 0.336 e. The number of carboxylic acids is 1. The summed E-state index contributed by atoms with van der Waals surface area (Å²) in [6.07, 6.45) is 3.36. The maximum absolute atomic E-state index is 13.3. The first-order chi connectivity index (χ1) is 13.7. The van der Waals surface area contributed by atoms with Crippen LogP contribution >= 0.6 is 0 Å². The number of carbonyl (C=O) groups is 2. The molecule has 29 heavy (non-hydrogen) atoms. The molecule has 0 unspecified atom stereocenters. The van der Waals surface area contributed by atoms with E-state index in [1.807, 2.05) is 62.9 Å². The van der Waals surface area contributed by atoms with Gasteiger partial charge in [-0.25, -0.2) is 4.79 Å². The van der Waals surface area contributed by atoms with E-state index in [0.29, 0.717) is 25.1 Å². The maximum atomic E-state index is 13.3. The fraction of sp³-hybridized carbons (Fsp3) is 0.360. The average Bonchev–Trinajstić information content (AvgIpc) is 2.67. The Morgan fingerprint density at radius 3 is 2.38 bits per heavy atom. The van der Waals surface area contributed by atoms with Crippen LogP contribution in [0, 0.1) is 19.3 Å². The molecule has 0 fully saturated rings. The van der Waals surface area contributed by atoms with Gasteiger partial charge in [-0.15, -0.1) is 0 Å². The lowest BCUT2D eigenvalue weighted by Crippen LogP contribution is -2.44. The van der Waals surface area contributed by atoms with E-state index >= 15 is 0 Å². The van der Waals surface area contributed by atoms with Crippen molar-refractivity contribution in [3.63, 3.8) is 0 Å². The molecule has 2 aromatic rings. The Morgan fingerprint density at radius 1 is 1.10 bits per heavy atom. The van der Waals surface area contributed by atoms with Gasteiger partial charge in [0.05, 0.1) is 5.56 Å². The predicted octanol–water partition coefficient (Wildman–Crippen LogP) is 4.89. The van der Waals surface area contributed by atoms with Crippen LogP contribution in [0.5, 0.6) is 0 Å². The third-order valence-corrected chi connectivity index (χ3v) is 5.63. The van der Waals surface area contributed by atoms with Crippen molar-refractivity contribution in [3.05, 3.63) is 76.4 Å². The van der Waals surface area contributed by atoms with E-state index in [0.717, 1.165) is 23.1 Å². The van der Waals surface area contributed by atoms with Crippen LogP contribution in [0.1, 0.15) is 52.9 Å². The van der Waals surface area contributed by atoms with E-state index in [1.54, 1.807) is 0 Å². The fourth-order valence-corrected chi connectivity index (χ4v) is 4.25. The molecule has 0 saturated carbocycles. The van der Waals surface area contributed by atoms with Crippen LogP contribution < -0.4 is 0 Å². The van der Waals surface area contributed by atoms with Crippen molar-refractivity contribution in [3.8, 4) is 0 Å². The number of aromatic carboxylic acids is 1. The van der Waals surface area contributed by atoms with Gasteiger partial charge in [-0.3, -0.25) is 4.79 Å². The first-order valence-corrected chi connectivity index (χ1v) is 10.1. The molecule has 0 aromatic heterocycles. The van der Waals surface area contributed by atoms with Gasteiger partial charge in [-0.1, -0.05) is 68.0 Å². The second-order valence-corrected chi connectivity index (χ2v) is 8.58. The van der Waals surface area contributed by atoms with Crippen LogP contribution in [0.3, 0.4) is 0 Å². The highest BCUT2D eigenvalue weighted by Gasteiger charge is 2.34. The molecule has 1 N–H and O–H groups in total. The quantitative estimate of drug-likeness (QED) is 0.790. The van der Waals surface area contributed by atoms with E-state index < -0.39 is 11.4 Å². The Morgan fingerprint density at radius 2 is 1.79 bits per heavy atom. The Hall–Kier alpha value is -2.88. The molecular weight excluding hydrogens is 362 g/mol. The fourth-order valence-electron chi connectivity index (χ4n) is 4.25. The summed E-state index contributed by atoms with van der Waals surface area (Å²) >= 11 is 0. The summed E-state index contributed by atoms with van der Waals surface area (Å²) in [5.41, 5.74) is 4.60. The molecule has 0 radical (unpaired) electrons. The van der Waals surface area contributed by atoms with E-state index in [-0.39, 0.29) is 5.91 Å². The van der Waals surface area contributed by atoms with E-state index in [2.05, 4.69) is 18.2 Å². The molecule has 0 atom stereocenters. The molecule has 4 nitrogen and oxygen atoms in total. The molecule has 152 valence electrons.